The van der Waals surface area contributed by atoms with Gasteiger partial charge in [0.2, 0.25) is 0 Å². The average molecular weight is 224 g/mol. The van der Waals surface area contributed by atoms with Gasteiger partial charge in [0.25, 0.3) is 0 Å². The average Bonchev–Trinajstić information content (AvgIpc) is 2.39. The lowest BCUT2D eigenvalue weighted by atomic mass is 10.1. The minimum atomic E-state index is 0.991. The Bertz CT molecular complexity index is 534. The second kappa shape index (κ2) is 4.13. The van der Waals surface area contributed by atoms with Crippen molar-refractivity contribution in [2.75, 3.05) is 23.3 Å². The van der Waals surface area contributed by atoms with Crippen molar-refractivity contribution >= 4 is 17.1 Å². The first kappa shape index (κ1) is 10.2. The smallest absolute Gasteiger partial charge is 0.0647 e. The first-order chi connectivity index (χ1) is 8.36. The van der Waals surface area contributed by atoms with Crippen LogP contribution in [0.5, 0.6) is 0 Å². The van der Waals surface area contributed by atoms with Crippen molar-refractivity contribution in [3.8, 4) is 0 Å². The van der Waals surface area contributed by atoms with Crippen LogP contribution in [0, 0.1) is 6.92 Å². The van der Waals surface area contributed by atoms with E-state index >= 15 is 0 Å². The zero-order chi connectivity index (χ0) is 11.7. The number of fused-ring (bicyclic) bond motifs is 1. The molecule has 2 aromatic rings. The number of rotatable bonds is 1. The highest BCUT2D eigenvalue weighted by atomic mass is 15.2. The number of nitrogens with one attached hydrogen (secondary N) is 1. The molecule has 0 fully saturated rings. The molecule has 0 amide bonds. The predicted octanol–water partition coefficient (Wildman–Crippen LogP) is 3.56. The molecule has 2 heteroatoms. The van der Waals surface area contributed by atoms with Crippen LogP contribution in [0.2, 0.25) is 0 Å². The van der Waals surface area contributed by atoms with E-state index in [0.29, 0.717) is 0 Å². The lowest BCUT2D eigenvalue weighted by Gasteiger charge is -2.33. The van der Waals surface area contributed by atoms with Gasteiger partial charge in [0.15, 0.2) is 0 Å². The van der Waals surface area contributed by atoms with Gasteiger partial charge in [-0.05, 0) is 30.7 Å². The van der Waals surface area contributed by atoms with Crippen molar-refractivity contribution in [1.82, 2.24) is 0 Å². The van der Waals surface area contributed by atoms with E-state index in [-0.39, 0.29) is 0 Å². The fraction of sp³-hybridized carbons (Fsp3) is 0.200. The Morgan fingerprint density at radius 1 is 0.941 bits per heavy atom. The molecular formula is C15H16N2. The van der Waals surface area contributed by atoms with E-state index in [4.69, 9.17) is 0 Å². The Labute approximate surface area is 102 Å². The molecule has 0 spiro atoms. The first-order valence-corrected chi connectivity index (χ1v) is 6.02. The van der Waals surface area contributed by atoms with Crippen molar-refractivity contribution in [2.45, 2.75) is 6.92 Å². The highest BCUT2D eigenvalue weighted by Gasteiger charge is 2.17. The van der Waals surface area contributed by atoms with Crippen molar-refractivity contribution in [3.05, 3.63) is 54.1 Å². The van der Waals surface area contributed by atoms with Crippen molar-refractivity contribution < 1.29 is 0 Å². The molecule has 0 aliphatic carbocycles. The molecule has 0 radical (unpaired) electrons. The summed E-state index contributed by atoms with van der Waals surface area (Å²) in [6.07, 6.45) is 0. The summed E-state index contributed by atoms with van der Waals surface area (Å²) in [5, 5.41) is 3.44. The summed E-state index contributed by atoms with van der Waals surface area (Å²) < 4.78 is 0. The summed E-state index contributed by atoms with van der Waals surface area (Å²) in [4.78, 5) is 2.39. The number of hydrogen-bond donors (Lipinski definition) is 1. The third-order valence-corrected chi connectivity index (χ3v) is 3.25. The third kappa shape index (κ3) is 1.76. The molecule has 0 saturated carbocycles. The summed E-state index contributed by atoms with van der Waals surface area (Å²) in [7, 11) is 0. The van der Waals surface area contributed by atoms with E-state index in [0.717, 1.165) is 13.1 Å². The van der Waals surface area contributed by atoms with Crippen LogP contribution < -0.4 is 10.2 Å². The Kier molecular flexibility index (Phi) is 2.48. The number of hydrogen-bond acceptors (Lipinski definition) is 2. The minimum Gasteiger partial charge on any atom is -0.382 e. The molecule has 1 N–H and O–H groups in total. The normalized spacial score (nSPS) is 14.1. The van der Waals surface area contributed by atoms with Gasteiger partial charge in [-0.1, -0.05) is 30.3 Å². The Morgan fingerprint density at radius 3 is 2.47 bits per heavy atom. The van der Waals surface area contributed by atoms with Gasteiger partial charge < -0.3 is 10.2 Å². The molecule has 0 bridgehead atoms. The summed E-state index contributed by atoms with van der Waals surface area (Å²) in [6.45, 7) is 4.17. The maximum absolute atomic E-state index is 3.44. The lowest BCUT2D eigenvalue weighted by Crippen LogP contribution is -2.30. The fourth-order valence-corrected chi connectivity index (χ4v) is 2.40. The van der Waals surface area contributed by atoms with Gasteiger partial charge >= 0.3 is 0 Å². The minimum absolute atomic E-state index is 0.991. The van der Waals surface area contributed by atoms with Gasteiger partial charge in [0.05, 0.1) is 11.4 Å². The topological polar surface area (TPSA) is 15.3 Å². The number of nitrogens with zero attached hydrogens (tertiary/aromatic N) is 1. The van der Waals surface area contributed by atoms with Gasteiger partial charge in [0, 0.05) is 18.8 Å². The maximum atomic E-state index is 3.44. The van der Waals surface area contributed by atoms with Gasteiger partial charge in [-0.2, -0.15) is 0 Å². The van der Waals surface area contributed by atoms with Gasteiger partial charge in [0.1, 0.15) is 0 Å². The van der Waals surface area contributed by atoms with E-state index < -0.39 is 0 Å². The van der Waals surface area contributed by atoms with Crippen molar-refractivity contribution in [1.29, 1.82) is 0 Å². The molecular weight excluding hydrogens is 208 g/mol. The molecule has 17 heavy (non-hydrogen) atoms. The maximum Gasteiger partial charge on any atom is 0.0647 e. The van der Waals surface area contributed by atoms with Gasteiger partial charge in [-0.3, -0.25) is 0 Å². The third-order valence-electron chi connectivity index (χ3n) is 3.25. The van der Waals surface area contributed by atoms with Crippen LogP contribution in [-0.4, -0.2) is 13.1 Å². The quantitative estimate of drug-likeness (QED) is 0.796. The molecule has 1 heterocycles. The van der Waals surface area contributed by atoms with Crippen LogP contribution in [-0.2, 0) is 0 Å². The van der Waals surface area contributed by atoms with E-state index in [9.17, 15) is 0 Å². The molecule has 1 aliphatic rings. The summed E-state index contributed by atoms with van der Waals surface area (Å²) in [6, 6.07) is 17.0. The van der Waals surface area contributed by atoms with E-state index in [1.54, 1.807) is 0 Å². The number of para-hydroxylation sites is 3. The molecule has 3 rings (SSSR count). The van der Waals surface area contributed by atoms with Crippen LogP contribution in [0.15, 0.2) is 48.5 Å². The fourth-order valence-electron chi connectivity index (χ4n) is 2.40. The Hall–Kier alpha value is -1.96. The van der Waals surface area contributed by atoms with Gasteiger partial charge in [-0.15, -0.1) is 0 Å². The standard InChI is InChI=1S/C15H16N2/c1-12-6-2-4-8-14(12)17-11-10-16-13-7-3-5-9-15(13)17/h2-9,16H,10-11H2,1H3. The Balaban J connectivity index is 2.09. The van der Waals surface area contributed by atoms with Gasteiger partial charge in [-0.25, -0.2) is 0 Å². The summed E-state index contributed by atoms with van der Waals surface area (Å²) in [5.41, 5.74) is 5.13. The highest BCUT2D eigenvalue weighted by Crippen LogP contribution is 2.35. The molecule has 86 valence electrons. The second-order valence-electron chi connectivity index (χ2n) is 4.38. The number of anilines is 3. The van der Waals surface area contributed by atoms with E-state index in [2.05, 4.69) is 65.7 Å². The van der Waals surface area contributed by atoms with Crippen LogP contribution in [0.1, 0.15) is 5.56 Å². The van der Waals surface area contributed by atoms with Crippen LogP contribution >= 0.6 is 0 Å². The zero-order valence-electron chi connectivity index (χ0n) is 9.98. The second-order valence-corrected chi connectivity index (χ2v) is 4.38. The number of aryl methyl sites for hydroxylation is 1. The molecule has 0 saturated heterocycles. The van der Waals surface area contributed by atoms with Crippen molar-refractivity contribution in [3.63, 3.8) is 0 Å². The molecule has 1 aliphatic heterocycles. The van der Waals surface area contributed by atoms with Crippen LogP contribution in [0.25, 0.3) is 0 Å². The van der Waals surface area contributed by atoms with Crippen LogP contribution in [0.4, 0.5) is 17.1 Å². The summed E-state index contributed by atoms with van der Waals surface area (Å²) in [5.74, 6) is 0. The molecule has 0 unspecified atom stereocenters. The Morgan fingerprint density at radius 2 is 1.65 bits per heavy atom. The zero-order valence-corrected chi connectivity index (χ0v) is 9.98. The molecule has 2 aromatic carbocycles. The van der Waals surface area contributed by atoms with Crippen LogP contribution in [0.3, 0.4) is 0 Å². The SMILES string of the molecule is Cc1ccccc1N1CCNc2ccccc21. The van der Waals surface area contributed by atoms with E-state index in [1.165, 1.54) is 22.6 Å². The molecule has 0 atom stereocenters. The predicted molar refractivity (Wildman–Crippen MR) is 73.1 cm³/mol. The highest BCUT2D eigenvalue weighted by molar-refractivity contribution is 5.79. The summed E-state index contributed by atoms with van der Waals surface area (Å²) >= 11 is 0. The lowest BCUT2D eigenvalue weighted by molar-refractivity contribution is 0.923. The monoisotopic (exact) mass is 224 g/mol. The largest absolute Gasteiger partial charge is 0.382 e. The first-order valence-electron chi connectivity index (χ1n) is 6.02. The van der Waals surface area contributed by atoms with Crippen molar-refractivity contribution in [2.24, 2.45) is 0 Å². The molecule has 0 aromatic heterocycles. The molecule has 2 nitrogen and oxygen atoms in total. The van der Waals surface area contributed by atoms with E-state index in [1.807, 2.05) is 0 Å². The number of benzene rings is 2.